The minimum Gasteiger partial charge on any atom is -0.492 e. The molecule has 0 spiro atoms. The summed E-state index contributed by atoms with van der Waals surface area (Å²) in [5, 5.41) is 3.38. The number of carbonyl (C=O) groups excluding carboxylic acids is 1. The summed E-state index contributed by atoms with van der Waals surface area (Å²) in [5.41, 5.74) is 2.47. The number of halogens is 1. The van der Waals surface area contributed by atoms with E-state index in [9.17, 15) is 4.79 Å². The number of fused-ring (bicyclic) bond motifs is 1. The number of hydrogen-bond acceptors (Lipinski definition) is 3. The predicted octanol–water partition coefficient (Wildman–Crippen LogP) is 4.74. The van der Waals surface area contributed by atoms with E-state index in [0.29, 0.717) is 36.7 Å². The Bertz CT molecular complexity index is 1140. The molecule has 1 amide bonds. The van der Waals surface area contributed by atoms with Gasteiger partial charge in [-0.3, -0.25) is 4.79 Å². The zero-order valence-electron chi connectivity index (χ0n) is 16.4. The Morgan fingerprint density at radius 3 is 2.53 bits per heavy atom. The molecule has 0 aliphatic heterocycles. The number of rotatable bonds is 8. The molecule has 0 radical (unpaired) electrons. The molecule has 30 heavy (non-hydrogen) atoms. The molecular weight excluding hydrogens is 398 g/mol. The summed E-state index contributed by atoms with van der Waals surface area (Å²) in [6.45, 7) is 1.67. The molecule has 0 bridgehead atoms. The molecule has 3 aromatic carbocycles. The zero-order chi connectivity index (χ0) is 20.8. The maximum atomic E-state index is 12.4. The molecule has 0 fully saturated rings. The van der Waals surface area contributed by atoms with Crippen molar-refractivity contribution in [3.05, 3.63) is 95.3 Å². The van der Waals surface area contributed by atoms with Gasteiger partial charge in [-0.25, -0.2) is 4.98 Å². The highest BCUT2D eigenvalue weighted by atomic mass is 35.5. The first kappa shape index (κ1) is 20.0. The molecular formula is C24H22ClN3O2. The minimum atomic E-state index is -0.185. The van der Waals surface area contributed by atoms with E-state index in [4.69, 9.17) is 21.3 Å². The van der Waals surface area contributed by atoms with Crippen LogP contribution in [0.3, 0.4) is 0 Å². The molecule has 0 saturated heterocycles. The van der Waals surface area contributed by atoms with Crippen LogP contribution in [0.5, 0.6) is 5.75 Å². The topological polar surface area (TPSA) is 56.2 Å². The number of benzene rings is 3. The fourth-order valence-electron chi connectivity index (χ4n) is 3.37. The first-order valence-electron chi connectivity index (χ1n) is 9.87. The lowest BCUT2D eigenvalue weighted by atomic mass is 10.2. The Morgan fingerprint density at radius 1 is 0.967 bits per heavy atom. The Morgan fingerprint density at radius 2 is 1.70 bits per heavy atom. The SMILES string of the molecule is O=C(NCCc1nc2ccccc2n1CCOc1ccccc1)c1ccccc1Cl. The van der Waals surface area contributed by atoms with Crippen molar-refractivity contribution in [2.45, 2.75) is 13.0 Å². The number of hydrogen-bond donors (Lipinski definition) is 1. The van der Waals surface area contributed by atoms with Crippen molar-refractivity contribution in [1.82, 2.24) is 14.9 Å². The molecule has 1 aromatic heterocycles. The van der Waals surface area contributed by atoms with E-state index < -0.39 is 0 Å². The third-order valence-corrected chi connectivity index (χ3v) is 5.14. The van der Waals surface area contributed by atoms with E-state index in [1.165, 1.54) is 0 Å². The molecule has 1 heterocycles. The molecule has 0 unspecified atom stereocenters. The van der Waals surface area contributed by atoms with Crippen molar-refractivity contribution in [3.8, 4) is 5.75 Å². The normalized spacial score (nSPS) is 10.8. The van der Waals surface area contributed by atoms with Gasteiger partial charge in [0.25, 0.3) is 5.91 Å². The molecule has 0 atom stereocenters. The lowest BCUT2D eigenvalue weighted by molar-refractivity contribution is 0.0954. The van der Waals surface area contributed by atoms with Gasteiger partial charge in [0.05, 0.1) is 28.2 Å². The molecule has 0 aliphatic rings. The van der Waals surface area contributed by atoms with E-state index in [1.54, 1.807) is 24.3 Å². The van der Waals surface area contributed by atoms with Crippen molar-refractivity contribution in [2.75, 3.05) is 13.2 Å². The Hall–Kier alpha value is -3.31. The van der Waals surface area contributed by atoms with Crippen LogP contribution in [0.25, 0.3) is 11.0 Å². The van der Waals surface area contributed by atoms with Gasteiger partial charge in [0, 0.05) is 13.0 Å². The van der Waals surface area contributed by atoms with Crippen LogP contribution in [0, 0.1) is 0 Å². The van der Waals surface area contributed by atoms with Gasteiger partial charge in [-0.05, 0) is 36.4 Å². The monoisotopic (exact) mass is 419 g/mol. The van der Waals surface area contributed by atoms with Crippen LogP contribution < -0.4 is 10.1 Å². The molecule has 5 nitrogen and oxygen atoms in total. The molecule has 4 aromatic rings. The number of carbonyl (C=O) groups is 1. The highest BCUT2D eigenvalue weighted by Gasteiger charge is 2.13. The van der Waals surface area contributed by atoms with Crippen molar-refractivity contribution in [3.63, 3.8) is 0 Å². The number of imidazole rings is 1. The Balaban J connectivity index is 1.43. The highest BCUT2D eigenvalue weighted by molar-refractivity contribution is 6.33. The first-order valence-corrected chi connectivity index (χ1v) is 10.2. The number of nitrogens with one attached hydrogen (secondary N) is 1. The van der Waals surface area contributed by atoms with E-state index in [-0.39, 0.29) is 5.91 Å². The largest absolute Gasteiger partial charge is 0.492 e. The molecule has 1 N–H and O–H groups in total. The smallest absolute Gasteiger partial charge is 0.252 e. The van der Waals surface area contributed by atoms with E-state index in [1.807, 2.05) is 48.5 Å². The molecule has 152 valence electrons. The third-order valence-electron chi connectivity index (χ3n) is 4.81. The quantitative estimate of drug-likeness (QED) is 0.448. The van der Waals surface area contributed by atoms with Gasteiger partial charge >= 0.3 is 0 Å². The standard InChI is InChI=1S/C24H22ClN3O2/c25-20-11-5-4-10-19(20)24(29)26-15-14-23-27-21-12-6-7-13-22(21)28(23)16-17-30-18-8-2-1-3-9-18/h1-13H,14-17H2,(H,26,29). The van der Waals surface area contributed by atoms with Gasteiger partial charge in [0.2, 0.25) is 0 Å². The third kappa shape index (κ3) is 4.63. The molecule has 0 saturated carbocycles. The van der Waals surface area contributed by atoms with Gasteiger partial charge in [-0.15, -0.1) is 0 Å². The van der Waals surface area contributed by atoms with E-state index in [0.717, 1.165) is 22.6 Å². The van der Waals surface area contributed by atoms with Crippen molar-refractivity contribution in [2.24, 2.45) is 0 Å². The van der Waals surface area contributed by atoms with Gasteiger partial charge < -0.3 is 14.6 Å². The summed E-state index contributed by atoms with van der Waals surface area (Å²) >= 11 is 6.11. The summed E-state index contributed by atoms with van der Waals surface area (Å²) in [6, 6.07) is 24.8. The summed E-state index contributed by atoms with van der Waals surface area (Å²) < 4.78 is 8.02. The molecule has 6 heteroatoms. The summed E-state index contributed by atoms with van der Waals surface area (Å²) in [5.74, 6) is 1.57. The summed E-state index contributed by atoms with van der Waals surface area (Å²) in [4.78, 5) is 17.2. The summed E-state index contributed by atoms with van der Waals surface area (Å²) in [6.07, 6.45) is 0.607. The predicted molar refractivity (Wildman–Crippen MR) is 119 cm³/mol. The summed E-state index contributed by atoms with van der Waals surface area (Å²) in [7, 11) is 0. The molecule has 4 rings (SSSR count). The van der Waals surface area contributed by atoms with Gasteiger partial charge in [-0.1, -0.05) is 54.1 Å². The maximum Gasteiger partial charge on any atom is 0.252 e. The second kappa shape index (κ2) is 9.46. The number of aromatic nitrogens is 2. The van der Waals surface area contributed by atoms with Crippen molar-refractivity contribution in [1.29, 1.82) is 0 Å². The molecule has 0 aliphatic carbocycles. The fourth-order valence-corrected chi connectivity index (χ4v) is 3.59. The minimum absolute atomic E-state index is 0.185. The second-order valence-corrected chi connectivity index (χ2v) is 7.22. The van der Waals surface area contributed by atoms with Crippen molar-refractivity contribution < 1.29 is 9.53 Å². The van der Waals surface area contributed by atoms with Gasteiger partial charge in [-0.2, -0.15) is 0 Å². The first-order chi connectivity index (χ1) is 14.7. The van der Waals surface area contributed by atoms with Crippen LogP contribution in [0.1, 0.15) is 16.2 Å². The average Bonchev–Trinajstić information content (AvgIpc) is 3.12. The van der Waals surface area contributed by atoms with Gasteiger partial charge in [0.15, 0.2) is 0 Å². The zero-order valence-corrected chi connectivity index (χ0v) is 17.2. The number of ether oxygens (including phenoxy) is 1. The maximum absolute atomic E-state index is 12.4. The van der Waals surface area contributed by atoms with Crippen LogP contribution in [-0.2, 0) is 13.0 Å². The van der Waals surface area contributed by atoms with Crippen molar-refractivity contribution >= 4 is 28.5 Å². The lowest BCUT2D eigenvalue weighted by Crippen LogP contribution is -2.27. The van der Waals surface area contributed by atoms with Gasteiger partial charge in [0.1, 0.15) is 18.2 Å². The lowest BCUT2D eigenvalue weighted by Gasteiger charge is -2.11. The Kier molecular flexibility index (Phi) is 6.30. The second-order valence-electron chi connectivity index (χ2n) is 6.82. The number of para-hydroxylation sites is 3. The highest BCUT2D eigenvalue weighted by Crippen LogP contribution is 2.18. The van der Waals surface area contributed by atoms with E-state index in [2.05, 4.69) is 16.0 Å². The number of nitrogens with zero attached hydrogens (tertiary/aromatic N) is 2. The van der Waals surface area contributed by atoms with E-state index >= 15 is 0 Å². The fraction of sp³-hybridized carbons (Fsp3) is 0.167. The number of amides is 1. The van der Waals surface area contributed by atoms with Crippen LogP contribution in [0.15, 0.2) is 78.9 Å². The van der Waals surface area contributed by atoms with Crippen LogP contribution in [-0.4, -0.2) is 28.6 Å². The van der Waals surface area contributed by atoms with Crippen LogP contribution >= 0.6 is 11.6 Å². The van der Waals surface area contributed by atoms with Crippen LogP contribution in [0.4, 0.5) is 0 Å². The average molecular weight is 420 g/mol. The Labute approximate surface area is 180 Å². The van der Waals surface area contributed by atoms with Crippen LogP contribution in [0.2, 0.25) is 5.02 Å².